The Morgan fingerprint density at radius 2 is 1.96 bits per heavy atom. The largest absolute Gasteiger partial charge is 0.385 e. The van der Waals surface area contributed by atoms with Crippen LogP contribution in [0, 0.1) is 5.41 Å². The van der Waals surface area contributed by atoms with Crippen LogP contribution in [0.4, 0.5) is 0 Å². The fourth-order valence-corrected chi connectivity index (χ4v) is 2.96. The second-order valence-corrected chi connectivity index (χ2v) is 7.72. The molecule has 0 saturated heterocycles. The van der Waals surface area contributed by atoms with Gasteiger partial charge in [0.25, 0.3) is 0 Å². The van der Waals surface area contributed by atoms with Crippen molar-refractivity contribution in [3.8, 4) is 0 Å². The Morgan fingerprint density at radius 1 is 1.26 bits per heavy atom. The lowest BCUT2D eigenvalue weighted by molar-refractivity contribution is 0.0778. The van der Waals surface area contributed by atoms with Crippen molar-refractivity contribution in [3.63, 3.8) is 0 Å². The van der Waals surface area contributed by atoms with E-state index in [1.165, 1.54) is 19.3 Å². The predicted octanol–water partition coefficient (Wildman–Crippen LogP) is 0.916. The van der Waals surface area contributed by atoms with Crippen LogP contribution in [0.15, 0.2) is 4.99 Å². The van der Waals surface area contributed by atoms with Gasteiger partial charge in [0.05, 0.1) is 6.26 Å². The van der Waals surface area contributed by atoms with Crippen LogP contribution < -0.4 is 15.4 Å². The SMILES string of the molecule is CCNC(=NCC1(CCOC)CCC1)NCCNS(C)(=O)=O.I. The van der Waals surface area contributed by atoms with Crippen molar-refractivity contribution >= 4 is 40.0 Å². The number of halogens is 1. The molecule has 0 spiro atoms. The van der Waals surface area contributed by atoms with E-state index in [2.05, 4.69) is 20.3 Å². The number of rotatable bonds is 10. The van der Waals surface area contributed by atoms with Crippen molar-refractivity contribution in [2.24, 2.45) is 10.4 Å². The highest BCUT2D eigenvalue weighted by Gasteiger charge is 2.36. The number of aliphatic imine (C=N–C) groups is 1. The molecule has 0 unspecified atom stereocenters. The molecule has 0 aromatic heterocycles. The van der Waals surface area contributed by atoms with E-state index < -0.39 is 10.0 Å². The Balaban J connectivity index is 0.00000484. The average Bonchev–Trinajstić information content (AvgIpc) is 2.40. The summed E-state index contributed by atoms with van der Waals surface area (Å²) in [5.41, 5.74) is 0.281. The lowest BCUT2D eigenvalue weighted by atomic mass is 9.67. The molecule has 0 aromatic carbocycles. The number of hydrogen-bond acceptors (Lipinski definition) is 4. The van der Waals surface area contributed by atoms with Crippen molar-refractivity contribution in [2.45, 2.75) is 32.6 Å². The number of guanidine groups is 1. The number of ether oxygens (including phenoxy) is 1. The maximum atomic E-state index is 11.0. The van der Waals surface area contributed by atoms with E-state index in [4.69, 9.17) is 4.74 Å². The summed E-state index contributed by atoms with van der Waals surface area (Å²) in [6, 6.07) is 0. The van der Waals surface area contributed by atoms with Crippen LogP contribution in [0.5, 0.6) is 0 Å². The number of sulfonamides is 1. The third-order valence-electron chi connectivity index (χ3n) is 3.95. The molecule has 138 valence electrons. The van der Waals surface area contributed by atoms with Crippen LogP contribution in [-0.2, 0) is 14.8 Å². The molecule has 0 heterocycles. The zero-order chi connectivity index (χ0) is 16.5. The van der Waals surface area contributed by atoms with E-state index in [-0.39, 0.29) is 29.4 Å². The molecule has 1 saturated carbocycles. The van der Waals surface area contributed by atoms with Gasteiger partial charge in [-0.3, -0.25) is 4.99 Å². The standard InChI is InChI=1S/C14H30N4O3S.HI/c1-4-15-13(16-9-10-18-22(3,19)20)17-12-14(6-5-7-14)8-11-21-2;/h18H,4-12H2,1-3H3,(H2,15,16,17);1H. The van der Waals surface area contributed by atoms with E-state index >= 15 is 0 Å². The molecule has 0 radical (unpaired) electrons. The molecule has 0 aliphatic heterocycles. The van der Waals surface area contributed by atoms with Crippen molar-refractivity contribution in [2.75, 3.05) is 46.2 Å². The zero-order valence-electron chi connectivity index (χ0n) is 14.4. The van der Waals surface area contributed by atoms with Gasteiger partial charge in [0, 0.05) is 39.9 Å². The average molecular weight is 462 g/mol. The Morgan fingerprint density at radius 3 is 2.43 bits per heavy atom. The van der Waals surface area contributed by atoms with E-state index in [0.717, 1.165) is 38.3 Å². The summed E-state index contributed by atoms with van der Waals surface area (Å²) in [6.45, 7) is 5.19. The van der Waals surface area contributed by atoms with E-state index in [9.17, 15) is 8.42 Å². The Bertz CT molecular complexity index is 453. The molecule has 0 bridgehead atoms. The van der Waals surface area contributed by atoms with Crippen molar-refractivity contribution < 1.29 is 13.2 Å². The summed E-state index contributed by atoms with van der Waals surface area (Å²) in [6.07, 6.45) is 5.87. The van der Waals surface area contributed by atoms with Gasteiger partial charge in [0.15, 0.2) is 5.96 Å². The third-order valence-corrected chi connectivity index (χ3v) is 4.68. The van der Waals surface area contributed by atoms with Crippen LogP contribution in [0.3, 0.4) is 0 Å². The highest BCUT2D eigenvalue weighted by Crippen LogP contribution is 2.44. The molecule has 1 aliphatic carbocycles. The summed E-state index contributed by atoms with van der Waals surface area (Å²) >= 11 is 0. The van der Waals surface area contributed by atoms with E-state index in [1.54, 1.807) is 7.11 Å². The molecular formula is C14H31IN4O3S. The van der Waals surface area contributed by atoms with Crippen LogP contribution in [-0.4, -0.2) is 60.5 Å². The first-order valence-electron chi connectivity index (χ1n) is 7.86. The zero-order valence-corrected chi connectivity index (χ0v) is 17.5. The fourth-order valence-electron chi connectivity index (χ4n) is 2.49. The minimum Gasteiger partial charge on any atom is -0.385 e. The maximum absolute atomic E-state index is 11.0. The van der Waals surface area contributed by atoms with Crippen molar-refractivity contribution in [3.05, 3.63) is 0 Å². The summed E-state index contributed by atoms with van der Waals surface area (Å²) < 4.78 is 29.7. The molecule has 1 aliphatic rings. The monoisotopic (exact) mass is 462 g/mol. The molecule has 3 N–H and O–H groups in total. The lowest BCUT2D eigenvalue weighted by Crippen LogP contribution is -2.43. The Labute approximate surface area is 157 Å². The summed E-state index contributed by atoms with van der Waals surface area (Å²) in [5, 5.41) is 6.34. The van der Waals surface area contributed by atoms with Gasteiger partial charge in [0.2, 0.25) is 10.0 Å². The second-order valence-electron chi connectivity index (χ2n) is 5.88. The molecule has 23 heavy (non-hydrogen) atoms. The summed E-state index contributed by atoms with van der Waals surface area (Å²) in [7, 11) is -1.41. The highest BCUT2D eigenvalue weighted by molar-refractivity contribution is 14.0. The third kappa shape index (κ3) is 9.68. The predicted molar refractivity (Wildman–Crippen MR) is 105 cm³/mol. The first kappa shape index (κ1) is 22.9. The molecular weight excluding hydrogens is 431 g/mol. The van der Waals surface area contributed by atoms with E-state index in [1.807, 2.05) is 6.92 Å². The first-order valence-corrected chi connectivity index (χ1v) is 9.76. The Hall–Kier alpha value is -0.130. The molecule has 0 aromatic rings. The lowest BCUT2D eigenvalue weighted by Gasteiger charge is -2.40. The van der Waals surface area contributed by atoms with E-state index in [0.29, 0.717) is 13.1 Å². The van der Waals surface area contributed by atoms with Gasteiger partial charge in [-0.2, -0.15) is 0 Å². The van der Waals surface area contributed by atoms with Gasteiger partial charge in [-0.15, -0.1) is 24.0 Å². The molecule has 7 nitrogen and oxygen atoms in total. The smallest absolute Gasteiger partial charge is 0.208 e. The topological polar surface area (TPSA) is 91.8 Å². The van der Waals surface area contributed by atoms with Gasteiger partial charge in [0.1, 0.15) is 0 Å². The second kappa shape index (κ2) is 11.4. The number of nitrogens with zero attached hydrogens (tertiary/aromatic N) is 1. The highest BCUT2D eigenvalue weighted by atomic mass is 127. The van der Waals surface area contributed by atoms with Crippen LogP contribution in [0.1, 0.15) is 32.6 Å². The first-order chi connectivity index (χ1) is 10.4. The van der Waals surface area contributed by atoms with Gasteiger partial charge < -0.3 is 15.4 Å². The summed E-state index contributed by atoms with van der Waals surface area (Å²) in [4.78, 5) is 4.66. The van der Waals surface area contributed by atoms with Gasteiger partial charge in [-0.05, 0) is 31.6 Å². The number of methoxy groups -OCH3 is 1. The van der Waals surface area contributed by atoms with Gasteiger partial charge >= 0.3 is 0 Å². The molecule has 0 atom stereocenters. The normalized spacial score (nSPS) is 17.1. The van der Waals surface area contributed by atoms with Crippen molar-refractivity contribution in [1.29, 1.82) is 0 Å². The van der Waals surface area contributed by atoms with Crippen molar-refractivity contribution in [1.82, 2.24) is 15.4 Å². The Kier molecular flexibility index (Phi) is 11.4. The maximum Gasteiger partial charge on any atom is 0.208 e. The molecule has 9 heteroatoms. The molecule has 1 fully saturated rings. The van der Waals surface area contributed by atoms with Crippen LogP contribution >= 0.6 is 24.0 Å². The minimum absolute atomic E-state index is 0. The molecule has 0 amide bonds. The van der Waals surface area contributed by atoms with Gasteiger partial charge in [-0.1, -0.05) is 6.42 Å². The van der Waals surface area contributed by atoms with Crippen LogP contribution in [0.2, 0.25) is 0 Å². The number of hydrogen-bond donors (Lipinski definition) is 3. The summed E-state index contributed by atoms with van der Waals surface area (Å²) in [5.74, 6) is 0.737. The van der Waals surface area contributed by atoms with Crippen LogP contribution in [0.25, 0.3) is 0 Å². The fraction of sp³-hybridized carbons (Fsp3) is 0.929. The molecule has 1 rings (SSSR count). The van der Waals surface area contributed by atoms with Gasteiger partial charge in [-0.25, -0.2) is 13.1 Å². The minimum atomic E-state index is -3.14. The quantitative estimate of drug-likeness (QED) is 0.194. The number of nitrogens with one attached hydrogen (secondary N) is 3.